The van der Waals surface area contributed by atoms with Gasteiger partial charge in [0.05, 0.1) is 17.3 Å². The zero-order valence-electron chi connectivity index (χ0n) is 20.4. The molecule has 9 heteroatoms. The average molecular weight is 480 g/mol. The van der Waals surface area contributed by atoms with Crippen LogP contribution in [0.5, 0.6) is 17.2 Å². The Hall–Kier alpha value is -4.01. The molecule has 1 amide bonds. The number of anilines is 3. The maximum absolute atomic E-state index is 12.6. The first-order chi connectivity index (χ1) is 16.5. The van der Waals surface area contributed by atoms with E-state index in [1.807, 2.05) is 39.0 Å². The second-order valence-corrected chi connectivity index (χ2v) is 9.78. The number of benzene rings is 2. The van der Waals surface area contributed by atoms with Crippen LogP contribution >= 0.6 is 0 Å². The van der Waals surface area contributed by atoms with E-state index in [4.69, 9.17) is 9.47 Å². The number of carbonyl (C=O) groups is 1. The normalized spacial score (nSPS) is 13.9. The fourth-order valence-corrected chi connectivity index (χ4v) is 4.02. The Morgan fingerprint density at radius 2 is 1.66 bits per heavy atom. The van der Waals surface area contributed by atoms with Crippen LogP contribution in [0.3, 0.4) is 0 Å². The summed E-state index contributed by atoms with van der Waals surface area (Å²) in [6.07, 6.45) is 0. The molecule has 1 aliphatic rings. The SMILES string of the molecule is CN(C)C(=O)c1cccc(Nc2c(NC(c3ccc4c(c3)OCCO4)C(C)(C)C)c(=O)c2=O)c1O. The van der Waals surface area contributed by atoms with Gasteiger partial charge in [-0.1, -0.05) is 32.9 Å². The lowest BCUT2D eigenvalue weighted by Gasteiger charge is -2.34. The van der Waals surface area contributed by atoms with Crippen molar-refractivity contribution in [3.63, 3.8) is 0 Å². The number of hydrogen-bond donors (Lipinski definition) is 3. The molecule has 0 radical (unpaired) electrons. The molecule has 1 unspecified atom stereocenters. The summed E-state index contributed by atoms with van der Waals surface area (Å²) in [7, 11) is 3.15. The zero-order chi connectivity index (χ0) is 25.5. The van der Waals surface area contributed by atoms with Crippen LogP contribution in [-0.2, 0) is 0 Å². The molecule has 3 aromatic carbocycles. The van der Waals surface area contributed by atoms with E-state index in [9.17, 15) is 19.5 Å². The molecule has 1 atom stereocenters. The van der Waals surface area contributed by atoms with Gasteiger partial charge in [0, 0.05) is 14.1 Å². The van der Waals surface area contributed by atoms with Crippen LogP contribution in [0.1, 0.15) is 42.7 Å². The second kappa shape index (κ2) is 8.98. The Labute approximate surface area is 203 Å². The molecule has 0 bridgehead atoms. The van der Waals surface area contributed by atoms with E-state index in [0.29, 0.717) is 24.7 Å². The quantitative estimate of drug-likeness (QED) is 0.364. The van der Waals surface area contributed by atoms with E-state index in [-0.39, 0.29) is 45.7 Å². The van der Waals surface area contributed by atoms with Crippen LogP contribution in [0.15, 0.2) is 46.0 Å². The number of carbonyl (C=O) groups excluding carboxylic acids is 1. The first kappa shape index (κ1) is 24.1. The highest BCUT2D eigenvalue weighted by Gasteiger charge is 2.32. The van der Waals surface area contributed by atoms with Crippen molar-refractivity contribution in [2.24, 2.45) is 5.41 Å². The standard InChI is InChI=1S/C26H29N3O6/c1-26(2,3)24(14-9-10-17-18(13-14)35-12-11-34-17)28-20-19(22(31)23(20)32)27-16-8-6-7-15(21(16)30)25(33)29(4)5/h6-10,13,24,27-28,30H,11-12H2,1-5H3. The van der Waals surface area contributed by atoms with Gasteiger partial charge in [-0.05, 0) is 35.2 Å². The molecular weight excluding hydrogens is 450 g/mol. The lowest BCUT2D eigenvalue weighted by atomic mass is 9.82. The maximum Gasteiger partial charge on any atom is 0.257 e. The summed E-state index contributed by atoms with van der Waals surface area (Å²) in [6.45, 7) is 6.99. The summed E-state index contributed by atoms with van der Waals surface area (Å²) in [6, 6.07) is 9.86. The molecule has 3 N–H and O–H groups in total. The lowest BCUT2D eigenvalue weighted by molar-refractivity contribution is 0.0824. The van der Waals surface area contributed by atoms with Gasteiger partial charge in [0.25, 0.3) is 16.8 Å². The third-order valence-electron chi connectivity index (χ3n) is 5.90. The van der Waals surface area contributed by atoms with Gasteiger partial charge >= 0.3 is 0 Å². The maximum atomic E-state index is 12.6. The first-order valence-corrected chi connectivity index (χ1v) is 11.3. The smallest absolute Gasteiger partial charge is 0.257 e. The predicted molar refractivity (Wildman–Crippen MR) is 134 cm³/mol. The zero-order valence-corrected chi connectivity index (χ0v) is 20.4. The van der Waals surface area contributed by atoms with E-state index in [2.05, 4.69) is 10.6 Å². The Balaban J connectivity index is 1.67. The van der Waals surface area contributed by atoms with Gasteiger partial charge in [-0.2, -0.15) is 0 Å². The van der Waals surface area contributed by atoms with Gasteiger partial charge in [-0.3, -0.25) is 14.4 Å². The summed E-state index contributed by atoms with van der Waals surface area (Å²) < 4.78 is 11.3. The Kier molecular flexibility index (Phi) is 6.19. The van der Waals surface area contributed by atoms with Gasteiger partial charge in [-0.15, -0.1) is 0 Å². The van der Waals surface area contributed by atoms with Gasteiger partial charge in [-0.25, -0.2) is 0 Å². The van der Waals surface area contributed by atoms with Gasteiger partial charge < -0.3 is 30.1 Å². The number of nitrogens with one attached hydrogen (secondary N) is 2. The van der Waals surface area contributed by atoms with Gasteiger partial charge in [0.1, 0.15) is 24.6 Å². The third-order valence-corrected chi connectivity index (χ3v) is 5.90. The van der Waals surface area contributed by atoms with Crippen molar-refractivity contribution in [1.29, 1.82) is 0 Å². The highest BCUT2D eigenvalue weighted by Crippen LogP contribution is 2.41. The van der Waals surface area contributed by atoms with E-state index in [1.54, 1.807) is 20.2 Å². The average Bonchev–Trinajstić information content (AvgIpc) is 2.82. The number of hydrogen-bond acceptors (Lipinski definition) is 8. The predicted octanol–water partition coefficient (Wildman–Crippen LogP) is 3.40. The van der Waals surface area contributed by atoms with Crippen LogP contribution in [0, 0.1) is 5.41 Å². The van der Waals surface area contributed by atoms with Crippen LogP contribution in [0.2, 0.25) is 0 Å². The van der Waals surface area contributed by atoms with Crippen molar-refractivity contribution in [3.8, 4) is 17.2 Å². The highest BCUT2D eigenvalue weighted by atomic mass is 16.6. The summed E-state index contributed by atoms with van der Waals surface area (Å²) in [5.41, 5.74) is -0.453. The number of fused-ring (bicyclic) bond motifs is 1. The Bertz CT molecular complexity index is 1350. The molecule has 0 aromatic heterocycles. The fourth-order valence-electron chi connectivity index (χ4n) is 4.02. The largest absolute Gasteiger partial charge is 0.505 e. The number of nitrogens with zero attached hydrogens (tertiary/aromatic N) is 1. The molecule has 35 heavy (non-hydrogen) atoms. The van der Waals surface area contributed by atoms with E-state index < -0.39 is 10.9 Å². The summed E-state index contributed by atoms with van der Waals surface area (Å²) in [5.74, 6) is 0.595. The molecule has 9 nitrogen and oxygen atoms in total. The van der Waals surface area contributed by atoms with Crippen LogP contribution < -0.4 is 31.0 Å². The molecule has 0 fully saturated rings. The van der Waals surface area contributed by atoms with Crippen LogP contribution in [-0.4, -0.2) is 43.2 Å². The van der Waals surface area contributed by atoms with E-state index in [1.165, 1.54) is 17.0 Å². The molecule has 0 spiro atoms. The first-order valence-electron chi connectivity index (χ1n) is 11.3. The van der Waals surface area contributed by atoms with Crippen LogP contribution in [0.25, 0.3) is 0 Å². The number of amides is 1. The monoisotopic (exact) mass is 479 g/mol. The molecule has 0 saturated carbocycles. The summed E-state index contributed by atoms with van der Waals surface area (Å²) in [5, 5.41) is 16.7. The molecule has 1 aliphatic heterocycles. The number of ether oxygens (including phenoxy) is 2. The minimum absolute atomic E-state index is 0.0338. The molecular formula is C26H29N3O6. The van der Waals surface area contributed by atoms with Crippen molar-refractivity contribution in [1.82, 2.24) is 4.90 Å². The molecule has 0 aliphatic carbocycles. The molecule has 0 saturated heterocycles. The van der Waals surface area contributed by atoms with Crippen molar-refractivity contribution < 1.29 is 19.4 Å². The van der Waals surface area contributed by atoms with Crippen LogP contribution in [0.4, 0.5) is 17.1 Å². The number of phenolic OH excluding ortho intramolecular Hbond substituents is 1. The highest BCUT2D eigenvalue weighted by molar-refractivity contribution is 5.99. The van der Waals surface area contributed by atoms with Gasteiger partial charge in [0.2, 0.25) is 0 Å². The summed E-state index contributed by atoms with van der Waals surface area (Å²) >= 11 is 0. The topological polar surface area (TPSA) is 117 Å². The molecule has 1 heterocycles. The lowest BCUT2D eigenvalue weighted by Crippen LogP contribution is -2.39. The molecule has 3 aromatic rings. The van der Waals surface area contributed by atoms with Gasteiger partial charge in [0.15, 0.2) is 17.2 Å². The van der Waals surface area contributed by atoms with E-state index in [0.717, 1.165) is 5.56 Å². The minimum atomic E-state index is -0.703. The summed E-state index contributed by atoms with van der Waals surface area (Å²) in [4.78, 5) is 38.7. The Morgan fingerprint density at radius 3 is 2.31 bits per heavy atom. The van der Waals surface area contributed by atoms with Crippen molar-refractivity contribution in [3.05, 3.63) is 68.0 Å². The van der Waals surface area contributed by atoms with Crippen molar-refractivity contribution >= 4 is 23.0 Å². The second-order valence-electron chi connectivity index (χ2n) is 9.78. The van der Waals surface area contributed by atoms with E-state index >= 15 is 0 Å². The van der Waals surface area contributed by atoms with Crippen molar-refractivity contribution in [2.75, 3.05) is 37.9 Å². The number of aromatic hydroxyl groups is 1. The third kappa shape index (κ3) is 4.53. The van der Waals surface area contributed by atoms with Crippen molar-refractivity contribution in [2.45, 2.75) is 26.8 Å². The molecule has 184 valence electrons. The Morgan fingerprint density at radius 1 is 1.00 bits per heavy atom. The number of phenols is 1. The fraction of sp³-hybridized carbons (Fsp3) is 0.346. The minimum Gasteiger partial charge on any atom is -0.505 e. The number of para-hydroxylation sites is 1. The number of rotatable bonds is 6. The molecule has 4 rings (SSSR count).